The summed E-state index contributed by atoms with van der Waals surface area (Å²) in [7, 11) is -2.40. The number of carbonyl (C=O) groups is 2. The van der Waals surface area contributed by atoms with Crippen molar-refractivity contribution in [3.8, 4) is 18.1 Å². The van der Waals surface area contributed by atoms with Crippen LogP contribution in [-0.4, -0.2) is 61.4 Å². The molecule has 0 N–H and O–H groups in total. The van der Waals surface area contributed by atoms with Crippen molar-refractivity contribution in [1.82, 2.24) is 9.47 Å². The molecule has 0 radical (unpaired) electrons. The lowest BCUT2D eigenvalue weighted by atomic mass is 9.92. The SMILES string of the molecule is C#CCn1c(=NC(=O)CS(=O)(=O)CC(=O)N2CC(C)CC(C)C2)sc2cc(OC)ccc21. The van der Waals surface area contributed by atoms with Gasteiger partial charge in [0.15, 0.2) is 14.6 Å². The van der Waals surface area contributed by atoms with Gasteiger partial charge in [0.2, 0.25) is 5.91 Å². The fourth-order valence-electron chi connectivity index (χ4n) is 4.03. The van der Waals surface area contributed by atoms with Crippen molar-refractivity contribution in [3.63, 3.8) is 0 Å². The third-order valence-electron chi connectivity index (χ3n) is 5.27. The molecule has 2 aromatic rings. The van der Waals surface area contributed by atoms with Gasteiger partial charge < -0.3 is 14.2 Å². The lowest BCUT2D eigenvalue weighted by Crippen LogP contribution is -2.45. The quantitative estimate of drug-likeness (QED) is 0.590. The highest BCUT2D eigenvalue weighted by Crippen LogP contribution is 2.23. The molecule has 0 spiro atoms. The van der Waals surface area contributed by atoms with Crippen LogP contribution in [0.15, 0.2) is 23.2 Å². The standard InChI is InChI=1S/C22H27N3O5S2/c1-5-8-25-18-7-6-17(30-4)10-19(18)31-22(25)23-20(26)13-32(28,29)14-21(27)24-11-15(2)9-16(3)12-24/h1,6-7,10,15-16H,8-9,11-14H2,2-4H3. The van der Waals surface area contributed by atoms with E-state index in [1.165, 1.54) is 11.3 Å². The van der Waals surface area contributed by atoms with Gasteiger partial charge in [0.1, 0.15) is 17.3 Å². The molecule has 3 rings (SSSR count). The Morgan fingerprint density at radius 1 is 1.25 bits per heavy atom. The molecule has 172 valence electrons. The summed E-state index contributed by atoms with van der Waals surface area (Å²) in [5.41, 5.74) is 0.770. The topological polar surface area (TPSA) is 98.0 Å². The van der Waals surface area contributed by atoms with E-state index >= 15 is 0 Å². The van der Waals surface area contributed by atoms with Gasteiger partial charge in [0.25, 0.3) is 5.91 Å². The van der Waals surface area contributed by atoms with Crippen molar-refractivity contribution < 1.29 is 22.7 Å². The number of ether oxygens (including phenoxy) is 1. The van der Waals surface area contributed by atoms with Crippen LogP contribution in [0.3, 0.4) is 0 Å². The molecule has 1 saturated heterocycles. The Bertz CT molecular complexity index is 1230. The maximum Gasteiger partial charge on any atom is 0.263 e. The minimum absolute atomic E-state index is 0.176. The highest BCUT2D eigenvalue weighted by molar-refractivity contribution is 7.92. The van der Waals surface area contributed by atoms with Gasteiger partial charge in [-0.25, -0.2) is 8.42 Å². The summed E-state index contributed by atoms with van der Waals surface area (Å²) < 4.78 is 32.8. The molecule has 0 aliphatic carbocycles. The molecule has 32 heavy (non-hydrogen) atoms. The van der Waals surface area contributed by atoms with Crippen molar-refractivity contribution in [3.05, 3.63) is 23.0 Å². The molecule has 1 aliphatic rings. The van der Waals surface area contributed by atoms with E-state index in [1.54, 1.807) is 28.7 Å². The summed E-state index contributed by atoms with van der Waals surface area (Å²) in [5, 5.41) is 0. The van der Waals surface area contributed by atoms with Crippen LogP contribution >= 0.6 is 11.3 Å². The number of terminal acetylenes is 1. The Balaban J connectivity index is 1.79. The molecule has 1 fully saturated rings. The Hall–Kier alpha value is -2.64. The molecule has 2 heterocycles. The van der Waals surface area contributed by atoms with E-state index in [0.717, 1.165) is 16.6 Å². The summed E-state index contributed by atoms with van der Waals surface area (Å²) in [4.78, 5) is 30.9. The van der Waals surface area contributed by atoms with Crippen LogP contribution in [0.1, 0.15) is 20.3 Å². The molecule has 0 bridgehead atoms. The molecular formula is C22H27N3O5S2. The van der Waals surface area contributed by atoms with Gasteiger partial charge in [-0.2, -0.15) is 4.99 Å². The second-order valence-electron chi connectivity index (χ2n) is 8.29. The number of carbonyl (C=O) groups excluding carboxylic acids is 2. The van der Waals surface area contributed by atoms with Gasteiger partial charge in [0, 0.05) is 13.1 Å². The zero-order valence-corrected chi connectivity index (χ0v) is 20.0. The lowest BCUT2D eigenvalue weighted by molar-refractivity contribution is -0.131. The predicted octanol–water partition coefficient (Wildman–Crippen LogP) is 1.69. The number of rotatable bonds is 6. The second kappa shape index (κ2) is 9.88. The van der Waals surface area contributed by atoms with Gasteiger partial charge in [-0.05, 0) is 36.5 Å². The number of sulfone groups is 1. The first kappa shape index (κ1) is 24.0. The minimum atomic E-state index is -3.95. The van der Waals surface area contributed by atoms with Crippen LogP contribution in [0.25, 0.3) is 10.2 Å². The number of nitrogens with zero attached hydrogens (tertiary/aromatic N) is 3. The smallest absolute Gasteiger partial charge is 0.263 e. The molecule has 1 aromatic heterocycles. The predicted molar refractivity (Wildman–Crippen MR) is 124 cm³/mol. The molecule has 1 aromatic carbocycles. The number of likely N-dealkylation sites (tertiary alicyclic amines) is 1. The Morgan fingerprint density at radius 3 is 2.56 bits per heavy atom. The van der Waals surface area contributed by atoms with Gasteiger partial charge in [-0.15, -0.1) is 6.42 Å². The molecule has 0 saturated carbocycles. The number of piperidine rings is 1. The monoisotopic (exact) mass is 477 g/mol. The summed E-state index contributed by atoms with van der Waals surface area (Å²) in [5.74, 6) is 0.988. The van der Waals surface area contributed by atoms with Crippen LogP contribution in [0.2, 0.25) is 0 Å². The van der Waals surface area contributed by atoms with E-state index in [9.17, 15) is 18.0 Å². The summed E-state index contributed by atoms with van der Waals surface area (Å²) in [6.45, 7) is 5.33. The molecule has 2 atom stereocenters. The normalized spacial score (nSPS) is 19.7. The van der Waals surface area contributed by atoms with E-state index in [0.29, 0.717) is 35.5 Å². The van der Waals surface area contributed by atoms with E-state index in [1.807, 2.05) is 19.9 Å². The number of hydrogen-bond acceptors (Lipinski definition) is 6. The van der Waals surface area contributed by atoms with Gasteiger partial charge in [-0.1, -0.05) is 31.1 Å². The molecule has 2 amide bonds. The fourth-order valence-corrected chi connectivity index (χ4v) is 6.21. The minimum Gasteiger partial charge on any atom is -0.497 e. The van der Waals surface area contributed by atoms with Crippen LogP contribution in [0.5, 0.6) is 5.75 Å². The first-order chi connectivity index (χ1) is 15.1. The number of benzene rings is 1. The second-order valence-corrected chi connectivity index (χ2v) is 11.4. The van der Waals surface area contributed by atoms with Crippen molar-refractivity contribution in [1.29, 1.82) is 0 Å². The van der Waals surface area contributed by atoms with E-state index in [4.69, 9.17) is 11.2 Å². The first-order valence-electron chi connectivity index (χ1n) is 10.3. The van der Waals surface area contributed by atoms with Gasteiger partial charge >= 0.3 is 0 Å². The largest absolute Gasteiger partial charge is 0.497 e. The van der Waals surface area contributed by atoms with Crippen LogP contribution < -0.4 is 9.54 Å². The Morgan fingerprint density at radius 2 is 1.94 bits per heavy atom. The fraction of sp³-hybridized carbons (Fsp3) is 0.500. The van der Waals surface area contributed by atoms with E-state index in [-0.39, 0.29) is 6.54 Å². The average molecular weight is 478 g/mol. The summed E-state index contributed by atoms with van der Waals surface area (Å²) in [6.07, 6.45) is 6.46. The maximum absolute atomic E-state index is 12.5. The third-order valence-corrected chi connectivity index (χ3v) is 7.68. The zero-order valence-electron chi connectivity index (χ0n) is 18.4. The van der Waals surface area contributed by atoms with Crippen molar-refractivity contribution in [2.24, 2.45) is 16.8 Å². The Labute approximate surface area is 191 Å². The first-order valence-corrected chi connectivity index (χ1v) is 12.9. The lowest BCUT2D eigenvalue weighted by Gasteiger charge is -2.34. The number of fused-ring (bicyclic) bond motifs is 1. The van der Waals surface area contributed by atoms with Crippen molar-refractivity contribution in [2.75, 3.05) is 31.7 Å². The maximum atomic E-state index is 12.5. The number of amides is 2. The summed E-state index contributed by atoms with van der Waals surface area (Å²) in [6, 6.07) is 5.38. The molecule has 1 aliphatic heterocycles. The number of thiazole rings is 1. The van der Waals surface area contributed by atoms with E-state index < -0.39 is 33.2 Å². The Kier molecular flexibility index (Phi) is 7.41. The van der Waals surface area contributed by atoms with E-state index in [2.05, 4.69) is 10.9 Å². The number of methoxy groups -OCH3 is 1. The molecular weight excluding hydrogens is 450 g/mol. The average Bonchev–Trinajstić information content (AvgIpc) is 3.02. The third kappa shape index (κ3) is 5.78. The molecule has 10 heteroatoms. The van der Waals surface area contributed by atoms with Crippen molar-refractivity contribution >= 4 is 43.2 Å². The number of hydrogen-bond donors (Lipinski definition) is 0. The highest BCUT2D eigenvalue weighted by atomic mass is 32.2. The molecule has 8 nitrogen and oxygen atoms in total. The number of aromatic nitrogens is 1. The van der Waals surface area contributed by atoms with Gasteiger partial charge in [0.05, 0.1) is 23.9 Å². The molecule has 2 unspecified atom stereocenters. The van der Waals surface area contributed by atoms with Crippen LogP contribution in [0, 0.1) is 24.2 Å². The summed E-state index contributed by atoms with van der Waals surface area (Å²) >= 11 is 1.21. The zero-order chi connectivity index (χ0) is 23.5. The van der Waals surface area contributed by atoms with Crippen LogP contribution in [-0.2, 0) is 26.0 Å². The highest BCUT2D eigenvalue weighted by Gasteiger charge is 2.29. The van der Waals surface area contributed by atoms with Crippen LogP contribution in [0.4, 0.5) is 0 Å². The van der Waals surface area contributed by atoms with Gasteiger partial charge in [-0.3, -0.25) is 9.59 Å². The van der Waals surface area contributed by atoms with Crippen molar-refractivity contribution in [2.45, 2.75) is 26.8 Å².